The molecule has 8 nitrogen and oxygen atoms in total. The van der Waals surface area contributed by atoms with Gasteiger partial charge in [-0.3, -0.25) is 9.59 Å². The lowest BCUT2D eigenvalue weighted by molar-refractivity contribution is -0.889. The van der Waals surface area contributed by atoms with Crippen LogP contribution in [0.5, 0.6) is 0 Å². The largest absolute Gasteiger partial charge is 0.544 e. The minimum Gasteiger partial charge on any atom is -0.544 e. The van der Waals surface area contributed by atoms with Gasteiger partial charge in [-0.2, -0.15) is 0 Å². The van der Waals surface area contributed by atoms with E-state index in [4.69, 9.17) is 14.2 Å². The summed E-state index contributed by atoms with van der Waals surface area (Å²) in [6, 6.07) is -0.716. The Hall–Kier alpha value is -1.93. The fourth-order valence-corrected chi connectivity index (χ4v) is 3.61. The lowest BCUT2D eigenvalue weighted by Crippen LogP contribution is -2.55. The van der Waals surface area contributed by atoms with Crippen LogP contribution < -0.4 is 5.11 Å². The van der Waals surface area contributed by atoms with Gasteiger partial charge in [-0.1, -0.05) is 51.2 Å². The molecule has 0 saturated carbocycles. The molecular weight excluding hydrogens is 450 g/mol. The van der Waals surface area contributed by atoms with Crippen LogP contribution in [-0.2, 0) is 28.6 Å². The molecule has 35 heavy (non-hydrogen) atoms. The van der Waals surface area contributed by atoms with Gasteiger partial charge in [-0.25, -0.2) is 0 Å². The molecule has 0 spiro atoms. The highest BCUT2D eigenvalue weighted by atomic mass is 16.6. The third-order valence-corrected chi connectivity index (χ3v) is 5.71. The minimum atomic E-state index is -1.14. The van der Waals surface area contributed by atoms with Gasteiger partial charge < -0.3 is 28.6 Å². The zero-order chi connectivity index (χ0) is 26.5. The van der Waals surface area contributed by atoms with E-state index in [1.807, 2.05) is 0 Å². The van der Waals surface area contributed by atoms with E-state index < -0.39 is 24.1 Å². The maximum atomic E-state index is 12.2. The molecule has 0 N–H and O–H groups in total. The second-order valence-electron chi connectivity index (χ2n) is 10.0. The average molecular weight is 500 g/mol. The summed E-state index contributed by atoms with van der Waals surface area (Å²) in [7, 11) is 5.33. The first-order chi connectivity index (χ1) is 16.6. The van der Waals surface area contributed by atoms with Crippen molar-refractivity contribution >= 4 is 17.9 Å². The number of nitrogens with zero attached hydrogens (tertiary/aromatic N) is 1. The SMILES string of the molecule is CCCCC/C=C\CCCCCCCC(=O)OC(COCCC(C(=O)[O-])[N+](C)(C)C)COC(C)=O. The molecule has 8 heteroatoms. The molecule has 2 atom stereocenters. The molecule has 0 aromatic carbocycles. The van der Waals surface area contributed by atoms with Crippen LogP contribution in [0, 0.1) is 0 Å². The summed E-state index contributed by atoms with van der Waals surface area (Å²) in [5.74, 6) is -1.95. The predicted octanol–water partition coefficient (Wildman–Crippen LogP) is 3.56. The van der Waals surface area contributed by atoms with Gasteiger partial charge in [0.15, 0.2) is 6.10 Å². The van der Waals surface area contributed by atoms with E-state index in [1.54, 1.807) is 21.1 Å². The Morgan fingerprint density at radius 1 is 0.886 bits per heavy atom. The standard InChI is InChI=1S/C27H49NO7/c1-6-7-8-9-10-11-12-13-14-15-16-17-18-26(30)35-24(22-34-23(2)29)21-33-20-19-25(27(31)32)28(3,4)5/h10-11,24-25H,6-9,12-22H2,1-5H3/b11-10-. The summed E-state index contributed by atoms with van der Waals surface area (Å²) < 4.78 is 16.2. The van der Waals surface area contributed by atoms with Gasteiger partial charge in [0.05, 0.1) is 40.3 Å². The van der Waals surface area contributed by atoms with Gasteiger partial charge in [-0.05, 0) is 32.1 Å². The topological polar surface area (TPSA) is 102 Å². The molecule has 0 bridgehead atoms. The third-order valence-electron chi connectivity index (χ3n) is 5.71. The van der Waals surface area contributed by atoms with E-state index in [2.05, 4.69) is 19.1 Å². The van der Waals surface area contributed by atoms with E-state index in [0.29, 0.717) is 6.42 Å². The number of quaternary nitrogens is 1. The normalized spacial score (nSPS) is 13.5. The van der Waals surface area contributed by atoms with Crippen LogP contribution in [0.25, 0.3) is 0 Å². The van der Waals surface area contributed by atoms with E-state index in [0.717, 1.165) is 32.1 Å². The summed E-state index contributed by atoms with van der Waals surface area (Å²) in [4.78, 5) is 34.7. The number of hydrogen-bond acceptors (Lipinski definition) is 7. The first-order valence-corrected chi connectivity index (χ1v) is 13.2. The Bertz CT molecular complexity index is 613. The number of aliphatic carboxylic acids is 1. The number of carbonyl (C=O) groups is 3. The van der Waals surface area contributed by atoms with Gasteiger partial charge in [0.25, 0.3) is 0 Å². The predicted molar refractivity (Wildman–Crippen MR) is 134 cm³/mol. The van der Waals surface area contributed by atoms with E-state index in [1.165, 1.54) is 39.0 Å². The van der Waals surface area contributed by atoms with Crippen molar-refractivity contribution in [1.82, 2.24) is 0 Å². The monoisotopic (exact) mass is 499 g/mol. The summed E-state index contributed by atoms with van der Waals surface area (Å²) >= 11 is 0. The lowest BCUT2D eigenvalue weighted by atomic mass is 10.1. The fourth-order valence-electron chi connectivity index (χ4n) is 3.61. The maximum Gasteiger partial charge on any atom is 0.306 e. The fraction of sp³-hybridized carbons (Fsp3) is 0.815. The number of carboxylic acid groups (broad SMARTS) is 1. The maximum absolute atomic E-state index is 12.2. The van der Waals surface area contributed by atoms with E-state index in [-0.39, 0.29) is 36.7 Å². The highest BCUT2D eigenvalue weighted by molar-refractivity contribution is 5.70. The number of ether oxygens (including phenoxy) is 3. The number of unbranched alkanes of at least 4 members (excludes halogenated alkanes) is 8. The zero-order valence-electron chi connectivity index (χ0n) is 22.7. The van der Waals surface area contributed by atoms with Crippen molar-refractivity contribution in [2.75, 3.05) is 41.0 Å². The van der Waals surface area contributed by atoms with Crippen LogP contribution in [0.4, 0.5) is 0 Å². The number of esters is 2. The summed E-state index contributed by atoms with van der Waals surface area (Å²) in [5.41, 5.74) is 0. The molecule has 0 radical (unpaired) electrons. The number of allylic oxidation sites excluding steroid dienone is 2. The number of likely N-dealkylation sites (N-methyl/N-ethyl adjacent to an activating group) is 1. The summed E-state index contributed by atoms with van der Waals surface area (Å²) in [5, 5.41) is 11.3. The van der Waals surface area contributed by atoms with E-state index in [9.17, 15) is 19.5 Å². The Morgan fingerprint density at radius 3 is 2.06 bits per heavy atom. The quantitative estimate of drug-likeness (QED) is 0.0971. The molecule has 0 fully saturated rings. The molecule has 0 rings (SSSR count). The van der Waals surface area contributed by atoms with Crippen LogP contribution >= 0.6 is 0 Å². The van der Waals surface area contributed by atoms with Gasteiger partial charge in [0.1, 0.15) is 12.6 Å². The number of hydrogen-bond donors (Lipinski definition) is 0. The third kappa shape index (κ3) is 20.0. The van der Waals surface area contributed by atoms with Crippen molar-refractivity contribution in [3.05, 3.63) is 12.2 Å². The van der Waals surface area contributed by atoms with Gasteiger partial charge in [-0.15, -0.1) is 0 Å². The number of rotatable bonds is 22. The second kappa shape index (κ2) is 20.3. The minimum absolute atomic E-state index is 0.0297. The summed E-state index contributed by atoms with van der Waals surface area (Å²) in [6.07, 6.45) is 15.7. The van der Waals surface area contributed by atoms with Crippen molar-refractivity contribution in [2.24, 2.45) is 0 Å². The Kier molecular flexibility index (Phi) is 19.2. The molecular formula is C27H49NO7. The lowest BCUT2D eigenvalue weighted by Gasteiger charge is -2.34. The Balaban J connectivity index is 4.15. The van der Waals surface area contributed by atoms with Crippen LogP contribution in [0.2, 0.25) is 0 Å². The van der Waals surface area contributed by atoms with Gasteiger partial charge in [0.2, 0.25) is 0 Å². The van der Waals surface area contributed by atoms with Crippen LogP contribution in [0.3, 0.4) is 0 Å². The molecule has 0 aromatic rings. The molecule has 0 aliphatic rings. The van der Waals surface area contributed by atoms with Crippen molar-refractivity contribution in [2.45, 2.75) is 103 Å². The molecule has 2 unspecified atom stereocenters. The molecule has 0 aromatic heterocycles. The highest BCUT2D eigenvalue weighted by Crippen LogP contribution is 2.11. The van der Waals surface area contributed by atoms with Gasteiger partial charge in [0, 0.05) is 19.8 Å². The van der Waals surface area contributed by atoms with Gasteiger partial charge >= 0.3 is 11.9 Å². The second-order valence-corrected chi connectivity index (χ2v) is 10.0. The van der Waals surface area contributed by atoms with Crippen molar-refractivity contribution in [3.8, 4) is 0 Å². The Morgan fingerprint density at radius 2 is 1.49 bits per heavy atom. The zero-order valence-corrected chi connectivity index (χ0v) is 22.7. The highest BCUT2D eigenvalue weighted by Gasteiger charge is 2.25. The first-order valence-electron chi connectivity index (χ1n) is 13.2. The molecule has 0 amide bonds. The molecule has 0 saturated heterocycles. The van der Waals surface area contributed by atoms with Crippen molar-refractivity contribution in [3.63, 3.8) is 0 Å². The van der Waals surface area contributed by atoms with Crippen molar-refractivity contribution in [1.29, 1.82) is 0 Å². The van der Waals surface area contributed by atoms with Crippen LogP contribution in [0.15, 0.2) is 12.2 Å². The van der Waals surface area contributed by atoms with Crippen molar-refractivity contribution < 1.29 is 38.2 Å². The number of carboxylic acids is 1. The average Bonchev–Trinajstić information content (AvgIpc) is 2.76. The molecule has 0 aliphatic carbocycles. The Labute approximate surface area is 212 Å². The smallest absolute Gasteiger partial charge is 0.306 e. The summed E-state index contributed by atoms with van der Waals surface area (Å²) in [6.45, 7) is 3.60. The first kappa shape index (κ1) is 33.1. The molecule has 0 heterocycles. The molecule has 204 valence electrons. The molecule has 0 aliphatic heterocycles. The van der Waals surface area contributed by atoms with Crippen LogP contribution in [-0.4, -0.2) is 75.5 Å². The van der Waals surface area contributed by atoms with E-state index >= 15 is 0 Å². The van der Waals surface area contributed by atoms with Crippen LogP contribution in [0.1, 0.15) is 90.9 Å². The number of carbonyl (C=O) groups excluding carboxylic acids is 3.